The number of ether oxygens (including phenoxy) is 1. The van der Waals surface area contributed by atoms with E-state index in [-0.39, 0.29) is 0 Å². The fraction of sp³-hybridized carbons (Fsp3) is 0.722. The molecular formula is C18H30N2O. The van der Waals surface area contributed by atoms with E-state index in [0.717, 1.165) is 30.8 Å². The molecular weight excluding hydrogens is 260 g/mol. The van der Waals surface area contributed by atoms with Crippen LogP contribution in [0.1, 0.15) is 63.6 Å². The smallest absolute Gasteiger partial charge is 0.213 e. The van der Waals surface area contributed by atoms with Gasteiger partial charge < -0.3 is 10.1 Å². The van der Waals surface area contributed by atoms with E-state index in [1.165, 1.54) is 44.1 Å². The summed E-state index contributed by atoms with van der Waals surface area (Å²) in [5.41, 5.74) is 2.37. The molecule has 1 heterocycles. The van der Waals surface area contributed by atoms with Crippen LogP contribution < -0.4 is 10.1 Å². The number of pyridine rings is 1. The molecule has 3 heteroatoms. The van der Waals surface area contributed by atoms with Crippen molar-refractivity contribution >= 4 is 0 Å². The third kappa shape index (κ3) is 5.66. The van der Waals surface area contributed by atoms with Gasteiger partial charge in [0.2, 0.25) is 5.88 Å². The molecule has 1 aromatic rings. The van der Waals surface area contributed by atoms with Gasteiger partial charge in [0.25, 0.3) is 0 Å². The summed E-state index contributed by atoms with van der Waals surface area (Å²) in [5, 5.41) is 3.53. The van der Waals surface area contributed by atoms with Gasteiger partial charge in [-0.2, -0.15) is 0 Å². The maximum atomic E-state index is 5.90. The molecule has 1 aliphatic carbocycles. The Hall–Kier alpha value is -1.09. The zero-order valence-electron chi connectivity index (χ0n) is 13.8. The van der Waals surface area contributed by atoms with Crippen LogP contribution in [0.2, 0.25) is 0 Å². The van der Waals surface area contributed by atoms with Crippen LogP contribution in [0.5, 0.6) is 5.88 Å². The lowest BCUT2D eigenvalue weighted by atomic mass is 10.0. The number of nitrogens with one attached hydrogen (secondary N) is 1. The highest BCUT2D eigenvalue weighted by Gasteiger charge is 2.20. The molecule has 1 unspecified atom stereocenters. The van der Waals surface area contributed by atoms with E-state index < -0.39 is 0 Å². The summed E-state index contributed by atoms with van der Waals surface area (Å²) < 4.78 is 5.90. The van der Waals surface area contributed by atoms with Gasteiger partial charge in [0, 0.05) is 24.3 Å². The summed E-state index contributed by atoms with van der Waals surface area (Å²) in [5.74, 6) is 1.43. The molecule has 1 N–H and O–H groups in total. The second kappa shape index (κ2) is 8.38. The molecule has 2 rings (SSSR count). The molecule has 0 saturated heterocycles. The predicted molar refractivity (Wildman–Crippen MR) is 87.6 cm³/mol. The van der Waals surface area contributed by atoms with E-state index in [0.29, 0.717) is 5.92 Å². The Morgan fingerprint density at radius 3 is 2.76 bits per heavy atom. The molecule has 3 nitrogen and oxygen atoms in total. The van der Waals surface area contributed by atoms with Crippen LogP contribution in [0.15, 0.2) is 12.1 Å². The van der Waals surface area contributed by atoms with Gasteiger partial charge in [-0.15, -0.1) is 0 Å². The first-order valence-electron chi connectivity index (χ1n) is 8.55. The molecule has 0 spiro atoms. The number of aromatic nitrogens is 1. The first kappa shape index (κ1) is 16.3. The average molecular weight is 290 g/mol. The van der Waals surface area contributed by atoms with Crippen LogP contribution in [-0.4, -0.2) is 17.6 Å². The van der Waals surface area contributed by atoms with Crippen LogP contribution in [0.4, 0.5) is 0 Å². The topological polar surface area (TPSA) is 34.1 Å². The standard InChI is InChI=1S/C18H30N2O/c1-4-6-7-15(5-2)13-21-18-11-8-16(14(3)20-18)12-19-17-9-10-17/h8,11,15,17,19H,4-7,9-10,12-13H2,1-3H3. The van der Waals surface area contributed by atoms with Gasteiger partial charge in [-0.25, -0.2) is 4.98 Å². The van der Waals surface area contributed by atoms with E-state index >= 15 is 0 Å². The van der Waals surface area contributed by atoms with Crippen molar-refractivity contribution in [2.75, 3.05) is 6.61 Å². The summed E-state index contributed by atoms with van der Waals surface area (Å²) in [6.45, 7) is 8.29. The minimum absolute atomic E-state index is 0.656. The Labute approximate surface area is 129 Å². The number of aryl methyl sites for hydroxylation is 1. The van der Waals surface area contributed by atoms with Gasteiger partial charge in [0.05, 0.1) is 6.61 Å². The lowest BCUT2D eigenvalue weighted by Crippen LogP contribution is -2.17. The summed E-state index contributed by atoms with van der Waals surface area (Å²) in [4.78, 5) is 4.60. The van der Waals surface area contributed by atoms with Crippen molar-refractivity contribution in [2.45, 2.75) is 71.9 Å². The maximum absolute atomic E-state index is 5.90. The monoisotopic (exact) mass is 290 g/mol. The summed E-state index contributed by atoms with van der Waals surface area (Å²) in [7, 11) is 0. The van der Waals surface area contributed by atoms with E-state index in [2.05, 4.69) is 37.1 Å². The lowest BCUT2D eigenvalue weighted by molar-refractivity contribution is 0.225. The van der Waals surface area contributed by atoms with Crippen LogP contribution in [-0.2, 0) is 6.54 Å². The van der Waals surface area contributed by atoms with Crippen molar-refractivity contribution in [3.05, 3.63) is 23.4 Å². The largest absolute Gasteiger partial charge is 0.477 e. The van der Waals surface area contributed by atoms with Gasteiger partial charge in [0.15, 0.2) is 0 Å². The molecule has 1 saturated carbocycles. The Morgan fingerprint density at radius 1 is 1.33 bits per heavy atom. The van der Waals surface area contributed by atoms with E-state index in [1.54, 1.807) is 0 Å². The lowest BCUT2D eigenvalue weighted by Gasteiger charge is -2.16. The second-order valence-electron chi connectivity index (χ2n) is 6.28. The minimum atomic E-state index is 0.656. The number of hydrogen-bond donors (Lipinski definition) is 1. The Bertz CT molecular complexity index is 429. The van der Waals surface area contributed by atoms with Crippen LogP contribution in [0.3, 0.4) is 0 Å². The molecule has 0 amide bonds. The average Bonchev–Trinajstić information content (AvgIpc) is 3.31. The molecule has 1 atom stereocenters. The Morgan fingerprint density at radius 2 is 2.14 bits per heavy atom. The molecule has 1 aromatic heterocycles. The molecule has 0 aliphatic heterocycles. The number of unbranched alkanes of at least 4 members (excludes halogenated alkanes) is 1. The number of nitrogens with zero attached hydrogens (tertiary/aromatic N) is 1. The summed E-state index contributed by atoms with van der Waals surface area (Å²) in [6.07, 6.45) is 7.64. The third-order valence-electron chi connectivity index (χ3n) is 4.34. The zero-order valence-corrected chi connectivity index (χ0v) is 13.8. The summed E-state index contributed by atoms with van der Waals surface area (Å²) >= 11 is 0. The van der Waals surface area contributed by atoms with E-state index in [9.17, 15) is 0 Å². The third-order valence-corrected chi connectivity index (χ3v) is 4.34. The Balaban J connectivity index is 1.80. The van der Waals surface area contributed by atoms with Gasteiger partial charge >= 0.3 is 0 Å². The molecule has 1 aliphatic rings. The molecule has 0 bridgehead atoms. The second-order valence-corrected chi connectivity index (χ2v) is 6.28. The van der Waals surface area contributed by atoms with E-state index in [1.807, 2.05) is 6.07 Å². The molecule has 0 radical (unpaired) electrons. The first-order valence-corrected chi connectivity index (χ1v) is 8.55. The van der Waals surface area contributed by atoms with Gasteiger partial charge in [-0.05, 0) is 37.7 Å². The summed E-state index contributed by atoms with van der Waals surface area (Å²) in [6, 6.07) is 4.91. The van der Waals surface area contributed by atoms with Crippen molar-refractivity contribution in [1.29, 1.82) is 0 Å². The molecule has 1 fully saturated rings. The van der Waals surface area contributed by atoms with Crippen molar-refractivity contribution < 1.29 is 4.74 Å². The zero-order chi connectivity index (χ0) is 15.1. The van der Waals surface area contributed by atoms with Gasteiger partial charge in [0.1, 0.15) is 0 Å². The van der Waals surface area contributed by atoms with Crippen molar-refractivity contribution in [1.82, 2.24) is 10.3 Å². The van der Waals surface area contributed by atoms with Crippen molar-refractivity contribution in [3.63, 3.8) is 0 Å². The van der Waals surface area contributed by atoms with Crippen LogP contribution in [0, 0.1) is 12.8 Å². The SMILES string of the molecule is CCCCC(CC)COc1ccc(CNC2CC2)c(C)n1. The number of rotatable bonds is 10. The fourth-order valence-corrected chi connectivity index (χ4v) is 2.48. The predicted octanol–water partition coefficient (Wildman–Crippen LogP) is 4.24. The van der Waals surface area contributed by atoms with Crippen LogP contribution in [0.25, 0.3) is 0 Å². The first-order chi connectivity index (χ1) is 10.2. The minimum Gasteiger partial charge on any atom is -0.477 e. The quantitative estimate of drug-likeness (QED) is 0.700. The van der Waals surface area contributed by atoms with Crippen molar-refractivity contribution in [3.8, 4) is 5.88 Å². The van der Waals surface area contributed by atoms with Gasteiger partial charge in [-0.3, -0.25) is 0 Å². The molecule has 0 aromatic carbocycles. The molecule has 21 heavy (non-hydrogen) atoms. The van der Waals surface area contributed by atoms with E-state index in [4.69, 9.17) is 4.74 Å². The Kier molecular flexibility index (Phi) is 6.50. The van der Waals surface area contributed by atoms with Crippen LogP contribution >= 0.6 is 0 Å². The van der Waals surface area contributed by atoms with Crippen molar-refractivity contribution in [2.24, 2.45) is 5.92 Å². The van der Waals surface area contributed by atoms with Gasteiger partial charge in [-0.1, -0.05) is 39.2 Å². The normalized spacial score (nSPS) is 16.0. The highest BCUT2D eigenvalue weighted by molar-refractivity contribution is 5.25. The maximum Gasteiger partial charge on any atom is 0.213 e. The molecule has 118 valence electrons. The fourth-order valence-electron chi connectivity index (χ4n) is 2.48. The highest BCUT2D eigenvalue weighted by atomic mass is 16.5. The highest BCUT2D eigenvalue weighted by Crippen LogP contribution is 2.21. The number of hydrogen-bond acceptors (Lipinski definition) is 3.